The van der Waals surface area contributed by atoms with E-state index in [0.717, 1.165) is 31.2 Å². The van der Waals surface area contributed by atoms with Crippen LogP contribution in [0.5, 0.6) is 0 Å². The molecule has 0 saturated carbocycles. The van der Waals surface area contributed by atoms with Gasteiger partial charge >= 0.3 is 5.97 Å². The van der Waals surface area contributed by atoms with Crippen molar-refractivity contribution in [1.82, 2.24) is 9.80 Å². The van der Waals surface area contributed by atoms with Crippen LogP contribution < -0.4 is 0 Å². The zero-order valence-corrected chi connectivity index (χ0v) is 13.5. The van der Waals surface area contributed by atoms with Gasteiger partial charge in [-0.1, -0.05) is 12.1 Å². The summed E-state index contributed by atoms with van der Waals surface area (Å²) < 4.78 is 0. The third-order valence-corrected chi connectivity index (χ3v) is 5.10. The third kappa shape index (κ3) is 3.18. The van der Waals surface area contributed by atoms with Gasteiger partial charge in [0, 0.05) is 37.8 Å². The van der Waals surface area contributed by atoms with E-state index in [1.807, 2.05) is 18.2 Å². The molecule has 0 amide bonds. The molecule has 0 aliphatic carbocycles. The number of benzene rings is 1. The van der Waals surface area contributed by atoms with Gasteiger partial charge in [-0.3, -0.25) is 9.80 Å². The SMILES string of the molecule is CC(C)N1C2CCC1CN(Cc1cccc(C(=O)O)c1)CC2. The van der Waals surface area contributed by atoms with E-state index in [-0.39, 0.29) is 0 Å². The maximum atomic E-state index is 11.1. The van der Waals surface area contributed by atoms with Crippen LogP contribution in [0.15, 0.2) is 24.3 Å². The molecule has 1 aromatic rings. The Bertz CT molecular complexity index is 544. The second kappa shape index (κ2) is 6.39. The van der Waals surface area contributed by atoms with Crippen molar-refractivity contribution in [2.45, 2.75) is 57.8 Å². The molecule has 2 fully saturated rings. The summed E-state index contributed by atoms with van der Waals surface area (Å²) in [6.45, 7) is 7.68. The lowest BCUT2D eigenvalue weighted by Gasteiger charge is -2.32. The zero-order chi connectivity index (χ0) is 15.7. The van der Waals surface area contributed by atoms with Crippen LogP contribution in [-0.2, 0) is 6.54 Å². The number of carboxylic acids is 1. The molecule has 2 atom stereocenters. The maximum absolute atomic E-state index is 11.1. The molecule has 4 nitrogen and oxygen atoms in total. The molecule has 2 aliphatic rings. The number of hydrogen-bond donors (Lipinski definition) is 1. The molecular formula is C18H26N2O2. The highest BCUT2D eigenvalue weighted by atomic mass is 16.4. The Morgan fingerprint density at radius 2 is 2.05 bits per heavy atom. The molecule has 3 rings (SSSR count). The Morgan fingerprint density at radius 1 is 1.27 bits per heavy atom. The van der Waals surface area contributed by atoms with E-state index in [1.165, 1.54) is 19.3 Å². The molecule has 120 valence electrons. The van der Waals surface area contributed by atoms with Gasteiger partial charge in [-0.25, -0.2) is 4.79 Å². The van der Waals surface area contributed by atoms with Crippen LogP contribution in [0.25, 0.3) is 0 Å². The molecule has 22 heavy (non-hydrogen) atoms. The first-order chi connectivity index (χ1) is 10.5. The van der Waals surface area contributed by atoms with Crippen LogP contribution in [0.4, 0.5) is 0 Å². The fraction of sp³-hybridized carbons (Fsp3) is 0.611. The Labute approximate surface area is 132 Å². The second-order valence-corrected chi connectivity index (χ2v) is 6.96. The van der Waals surface area contributed by atoms with Crippen LogP contribution in [0.3, 0.4) is 0 Å². The van der Waals surface area contributed by atoms with Gasteiger partial charge in [-0.15, -0.1) is 0 Å². The molecule has 1 aromatic carbocycles. The number of carboxylic acid groups (broad SMARTS) is 1. The molecule has 0 aromatic heterocycles. The summed E-state index contributed by atoms with van der Waals surface area (Å²) in [6, 6.07) is 9.38. The van der Waals surface area contributed by atoms with Crippen LogP contribution in [0.2, 0.25) is 0 Å². The molecule has 4 heteroatoms. The minimum absolute atomic E-state index is 0.387. The summed E-state index contributed by atoms with van der Waals surface area (Å²) in [5, 5.41) is 9.12. The maximum Gasteiger partial charge on any atom is 0.335 e. The summed E-state index contributed by atoms with van der Waals surface area (Å²) in [7, 11) is 0. The van der Waals surface area contributed by atoms with Crippen LogP contribution >= 0.6 is 0 Å². The first-order valence-corrected chi connectivity index (χ1v) is 8.36. The standard InChI is InChI=1S/C18H26N2O2/c1-13(2)20-16-6-7-17(20)12-19(9-8-16)11-14-4-3-5-15(10-14)18(21)22/h3-5,10,13,16-17H,6-9,11-12H2,1-2H3,(H,21,22). The Hall–Kier alpha value is -1.39. The predicted molar refractivity (Wildman–Crippen MR) is 87.1 cm³/mol. The van der Waals surface area contributed by atoms with Crippen LogP contribution in [0, 0.1) is 0 Å². The molecule has 2 bridgehead atoms. The Morgan fingerprint density at radius 3 is 2.77 bits per heavy atom. The fourth-order valence-electron chi connectivity index (χ4n) is 4.23. The lowest BCUT2D eigenvalue weighted by atomic mass is 10.1. The molecular weight excluding hydrogens is 276 g/mol. The number of nitrogens with zero attached hydrogens (tertiary/aromatic N) is 2. The summed E-state index contributed by atoms with van der Waals surface area (Å²) >= 11 is 0. The number of carbonyl (C=O) groups is 1. The Kier molecular flexibility index (Phi) is 4.50. The topological polar surface area (TPSA) is 43.8 Å². The van der Waals surface area contributed by atoms with Crippen LogP contribution in [0.1, 0.15) is 49.0 Å². The van der Waals surface area contributed by atoms with E-state index < -0.39 is 5.97 Å². The number of rotatable bonds is 4. The predicted octanol–water partition coefficient (Wildman–Crippen LogP) is 2.83. The van der Waals surface area contributed by atoms with Gasteiger partial charge < -0.3 is 5.11 Å². The summed E-state index contributed by atoms with van der Waals surface area (Å²) in [5.74, 6) is -0.845. The molecule has 2 unspecified atom stereocenters. The van der Waals surface area contributed by atoms with Gasteiger partial charge in [0.2, 0.25) is 0 Å². The van der Waals surface area contributed by atoms with Gasteiger partial charge in [0.25, 0.3) is 0 Å². The second-order valence-electron chi connectivity index (χ2n) is 6.96. The van der Waals surface area contributed by atoms with Gasteiger partial charge in [0.15, 0.2) is 0 Å². The lowest BCUT2D eigenvalue weighted by molar-refractivity contribution is 0.0696. The van der Waals surface area contributed by atoms with Crippen LogP contribution in [-0.4, -0.2) is 52.1 Å². The molecule has 2 saturated heterocycles. The average Bonchev–Trinajstić information content (AvgIpc) is 2.77. The van der Waals surface area contributed by atoms with E-state index in [0.29, 0.717) is 17.6 Å². The summed E-state index contributed by atoms with van der Waals surface area (Å²) in [5.41, 5.74) is 1.49. The van der Waals surface area contributed by atoms with Gasteiger partial charge in [0.1, 0.15) is 0 Å². The fourth-order valence-corrected chi connectivity index (χ4v) is 4.23. The number of fused-ring (bicyclic) bond motifs is 2. The van der Waals surface area contributed by atoms with E-state index in [4.69, 9.17) is 5.11 Å². The van der Waals surface area contributed by atoms with Crippen molar-refractivity contribution in [3.8, 4) is 0 Å². The molecule has 0 radical (unpaired) electrons. The van der Waals surface area contributed by atoms with Crippen molar-refractivity contribution in [3.05, 3.63) is 35.4 Å². The van der Waals surface area contributed by atoms with E-state index in [9.17, 15) is 4.79 Å². The van der Waals surface area contributed by atoms with Gasteiger partial charge in [-0.2, -0.15) is 0 Å². The molecule has 2 heterocycles. The van der Waals surface area contributed by atoms with Crippen molar-refractivity contribution < 1.29 is 9.90 Å². The quantitative estimate of drug-likeness (QED) is 0.929. The van der Waals surface area contributed by atoms with Crippen molar-refractivity contribution >= 4 is 5.97 Å². The average molecular weight is 302 g/mol. The van der Waals surface area contributed by atoms with E-state index in [2.05, 4.69) is 23.6 Å². The normalized spacial score (nSPS) is 26.3. The third-order valence-electron chi connectivity index (χ3n) is 5.10. The molecule has 0 spiro atoms. The summed E-state index contributed by atoms with van der Waals surface area (Å²) in [6.07, 6.45) is 3.87. The van der Waals surface area contributed by atoms with Crippen molar-refractivity contribution in [3.63, 3.8) is 0 Å². The minimum atomic E-state index is -0.845. The highest BCUT2D eigenvalue weighted by Crippen LogP contribution is 2.32. The highest BCUT2D eigenvalue weighted by molar-refractivity contribution is 5.87. The number of hydrogen-bond acceptors (Lipinski definition) is 3. The monoisotopic (exact) mass is 302 g/mol. The van der Waals surface area contributed by atoms with Crippen molar-refractivity contribution in [2.75, 3.05) is 13.1 Å². The van der Waals surface area contributed by atoms with Gasteiger partial charge in [-0.05, 0) is 50.8 Å². The smallest absolute Gasteiger partial charge is 0.335 e. The van der Waals surface area contributed by atoms with Gasteiger partial charge in [0.05, 0.1) is 5.56 Å². The zero-order valence-electron chi connectivity index (χ0n) is 13.5. The van der Waals surface area contributed by atoms with E-state index >= 15 is 0 Å². The first-order valence-electron chi connectivity index (χ1n) is 8.36. The lowest BCUT2D eigenvalue weighted by Crippen LogP contribution is -2.43. The summed E-state index contributed by atoms with van der Waals surface area (Å²) in [4.78, 5) is 16.3. The number of aromatic carboxylic acids is 1. The minimum Gasteiger partial charge on any atom is -0.478 e. The van der Waals surface area contributed by atoms with E-state index in [1.54, 1.807) is 6.07 Å². The molecule has 1 N–H and O–H groups in total. The Balaban J connectivity index is 1.69. The van der Waals surface area contributed by atoms with Crippen molar-refractivity contribution in [2.24, 2.45) is 0 Å². The largest absolute Gasteiger partial charge is 0.478 e. The van der Waals surface area contributed by atoms with Crippen molar-refractivity contribution in [1.29, 1.82) is 0 Å². The highest BCUT2D eigenvalue weighted by Gasteiger charge is 2.38. The first kappa shape index (κ1) is 15.5. The molecule has 2 aliphatic heterocycles. The number of likely N-dealkylation sites (tertiary alicyclic amines) is 1.